The number of hydrogen-bond donors (Lipinski definition) is 1. The van der Waals surface area contributed by atoms with Gasteiger partial charge in [-0.2, -0.15) is 5.10 Å². The zero-order valence-corrected chi connectivity index (χ0v) is 10.8. The molecule has 0 aromatic carbocycles. The number of halogens is 1. The van der Waals surface area contributed by atoms with Gasteiger partial charge in [-0.25, -0.2) is 0 Å². The first-order chi connectivity index (χ1) is 7.08. The second-order valence-electron chi connectivity index (χ2n) is 4.25. The summed E-state index contributed by atoms with van der Waals surface area (Å²) >= 11 is 3.58. The molecular weight excluding hydrogens is 256 g/mol. The van der Waals surface area contributed by atoms with E-state index in [9.17, 15) is 0 Å². The van der Waals surface area contributed by atoms with E-state index in [2.05, 4.69) is 25.9 Å². The van der Waals surface area contributed by atoms with Gasteiger partial charge in [0.15, 0.2) is 0 Å². The number of aromatic nitrogens is 2. The fourth-order valence-corrected chi connectivity index (χ4v) is 2.53. The number of likely N-dealkylation sites (tertiary alicyclic amines) is 1. The van der Waals surface area contributed by atoms with Gasteiger partial charge in [-0.05, 0) is 29.3 Å². The Kier molecular flexibility index (Phi) is 3.13. The standard InChI is InChI=1S/C10H17BrN4/c1-7-10(11)9(14(2)13-7)6-15-4-3-8(12)5-15/h8H,3-6,12H2,1-2H3/t8-/m1/s1. The predicted molar refractivity (Wildman–Crippen MR) is 63.5 cm³/mol. The molecule has 2 rings (SSSR count). The maximum absolute atomic E-state index is 5.88. The molecule has 5 heteroatoms. The minimum absolute atomic E-state index is 0.345. The molecule has 1 atom stereocenters. The predicted octanol–water partition coefficient (Wildman–Crippen LogP) is 1.02. The molecule has 0 spiro atoms. The van der Waals surface area contributed by atoms with Gasteiger partial charge in [0.2, 0.25) is 0 Å². The Balaban J connectivity index is 2.10. The van der Waals surface area contributed by atoms with Crippen molar-refractivity contribution in [2.24, 2.45) is 12.8 Å². The van der Waals surface area contributed by atoms with Crippen molar-refractivity contribution < 1.29 is 0 Å². The second kappa shape index (κ2) is 4.23. The molecule has 0 aliphatic carbocycles. The number of hydrogen-bond acceptors (Lipinski definition) is 3. The van der Waals surface area contributed by atoms with Crippen molar-refractivity contribution >= 4 is 15.9 Å². The van der Waals surface area contributed by atoms with E-state index in [0.29, 0.717) is 6.04 Å². The third kappa shape index (κ3) is 2.24. The second-order valence-corrected chi connectivity index (χ2v) is 5.05. The first kappa shape index (κ1) is 11.1. The monoisotopic (exact) mass is 272 g/mol. The maximum Gasteiger partial charge on any atom is 0.0739 e. The van der Waals surface area contributed by atoms with Crippen LogP contribution >= 0.6 is 15.9 Å². The Bertz CT molecular complexity index is 361. The van der Waals surface area contributed by atoms with Crippen LogP contribution in [0.3, 0.4) is 0 Å². The lowest BCUT2D eigenvalue weighted by atomic mass is 10.3. The molecular formula is C10H17BrN4. The molecule has 0 amide bonds. The van der Waals surface area contributed by atoms with Gasteiger partial charge in [-0.3, -0.25) is 9.58 Å². The van der Waals surface area contributed by atoms with Crippen LogP contribution in [-0.4, -0.2) is 33.8 Å². The van der Waals surface area contributed by atoms with Gasteiger partial charge in [-0.1, -0.05) is 0 Å². The van der Waals surface area contributed by atoms with E-state index in [0.717, 1.165) is 36.2 Å². The molecule has 84 valence electrons. The van der Waals surface area contributed by atoms with Gasteiger partial charge >= 0.3 is 0 Å². The summed E-state index contributed by atoms with van der Waals surface area (Å²) in [5, 5.41) is 4.38. The Morgan fingerprint density at radius 1 is 1.60 bits per heavy atom. The number of rotatable bonds is 2. The molecule has 2 N–H and O–H groups in total. The summed E-state index contributed by atoms with van der Waals surface area (Å²) in [5.41, 5.74) is 8.17. The van der Waals surface area contributed by atoms with E-state index in [1.165, 1.54) is 5.69 Å². The number of nitrogens with zero attached hydrogens (tertiary/aromatic N) is 3. The summed E-state index contributed by atoms with van der Waals surface area (Å²) in [6, 6.07) is 0.345. The first-order valence-corrected chi connectivity index (χ1v) is 6.03. The molecule has 15 heavy (non-hydrogen) atoms. The van der Waals surface area contributed by atoms with Crippen LogP contribution in [-0.2, 0) is 13.6 Å². The molecule has 4 nitrogen and oxygen atoms in total. The minimum atomic E-state index is 0.345. The lowest BCUT2D eigenvalue weighted by molar-refractivity contribution is 0.316. The van der Waals surface area contributed by atoms with Crippen LogP contribution in [0, 0.1) is 6.92 Å². The highest BCUT2D eigenvalue weighted by Gasteiger charge is 2.21. The molecule has 1 aromatic rings. The van der Waals surface area contributed by atoms with Gasteiger partial charge in [0.1, 0.15) is 0 Å². The normalized spacial score (nSPS) is 22.5. The van der Waals surface area contributed by atoms with Gasteiger partial charge in [-0.15, -0.1) is 0 Å². The molecule has 1 aliphatic heterocycles. The van der Waals surface area contributed by atoms with Crippen LogP contribution in [0.15, 0.2) is 4.47 Å². The van der Waals surface area contributed by atoms with E-state index in [-0.39, 0.29) is 0 Å². The first-order valence-electron chi connectivity index (χ1n) is 5.24. The highest BCUT2D eigenvalue weighted by atomic mass is 79.9. The third-order valence-corrected chi connectivity index (χ3v) is 3.98. The van der Waals surface area contributed by atoms with Crippen molar-refractivity contribution in [2.75, 3.05) is 13.1 Å². The van der Waals surface area contributed by atoms with E-state index < -0.39 is 0 Å². The Morgan fingerprint density at radius 3 is 2.80 bits per heavy atom. The van der Waals surface area contributed by atoms with E-state index >= 15 is 0 Å². The zero-order valence-electron chi connectivity index (χ0n) is 9.20. The quantitative estimate of drug-likeness (QED) is 0.875. The highest BCUT2D eigenvalue weighted by molar-refractivity contribution is 9.10. The Labute approximate surface area is 98.6 Å². The van der Waals surface area contributed by atoms with Crippen molar-refractivity contribution in [1.82, 2.24) is 14.7 Å². The summed E-state index contributed by atoms with van der Waals surface area (Å²) < 4.78 is 3.08. The molecule has 1 saturated heterocycles. The van der Waals surface area contributed by atoms with Gasteiger partial charge in [0.05, 0.1) is 15.9 Å². The number of nitrogens with two attached hydrogens (primary N) is 1. The minimum Gasteiger partial charge on any atom is -0.326 e. The van der Waals surface area contributed by atoms with Crippen LogP contribution in [0.4, 0.5) is 0 Å². The zero-order chi connectivity index (χ0) is 11.0. The van der Waals surface area contributed by atoms with E-state index in [4.69, 9.17) is 5.73 Å². The maximum atomic E-state index is 5.88. The highest BCUT2D eigenvalue weighted by Crippen LogP contribution is 2.22. The lowest BCUT2D eigenvalue weighted by Gasteiger charge is -2.15. The molecule has 1 fully saturated rings. The molecule has 0 bridgehead atoms. The lowest BCUT2D eigenvalue weighted by Crippen LogP contribution is -2.27. The summed E-state index contributed by atoms with van der Waals surface area (Å²) in [6.07, 6.45) is 1.11. The van der Waals surface area contributed by atoms with Gasteiger partial charge < -0.3 is 5.73 Å². The van der Waals surface area contributed by atoms with E-state index in [1.807, 2.05) is 18.7 Å². The third-order valence-electron chi connectivity index (χ3n) is 2.94. The largest absolute Gasteiger partial charge is 0.326 e. The molecule has 0 radical (unpaired) electrons. The average molecular weight is 273 g/mol. The van der Waals surface area contributed by atoms with Gasteiger partial charge in [0, 0.05) is 32.7 Å². The molecule has 1 aromatic heterocycles. The van der Waals surface area contributed by atoms with Crippen molar-refractivity contribution in [2.45, 2.75) is 25.9 Å². The van der Waals surface area contributed by atoms with Crippen LogP contribution in [0.25, 0.3) is 0 Å². The summed E-state index contributed by atoms with van der Waals surface area (Å²) in [5.74, 6) is 0. The average Bonchev–Trinajstić information content (AvgIpc) is 2.67. The Hall–Kier alpha value is -0.390. The topological polar surface area (TPSA) is 47.1 Å². The fourth-order valence-electron chi connectivity index (χ4n) is 2.07. The smallest absolute Gasteiger partial charge is 0.0739 e. The van der Waals surface area contributed by atoms with Crippen LogP contribution in [0.1, 0.15) is 17.8 Å². The van der Waals surface area contributed by atoms with Crippen molar-refractivity contribution in [3.8, 4) is 0 Å². The van der Waals surface area contributed by atoms with E-state index in [1.54, 1.807) is 0 Å². The van der Waals surface area contributed by atoms with Gasteiger partial charge in [0.25, 0.3) is 0 Å². The fraction of sp³-hybridized carbons (Fsp3) is 0.700. The molecule has 2 heterocycles. The molecule has 0 unspecified atom stereocenters. The van der Waals surface area contributed by atoms with Crippen molar-refractivity contribution in [1.29, 1.82) is 0 Å². The van der Waals surface area contributed by atoms with Crippen molar-refractivity contribution in [3.63, 3.8) is 0 Å². The van der Waals surface area contributed by atoms with Crippen LogP contribution in [0.5, 0.6) is 0 Å². The summed E-state index contributed by atoms with van der Waals surface area (Å²) in [6.45, 7) is 5.05. The summed E-state index contributed by atoms with van der Waals surface area (Å²) in [7, 11) is 1.99. The Morgan fingerprint density at radius 2 is 2.33 bits per heavy atom. The van der Waals surface area contributed by atoms with Crippen molar-refractivity contribution in [3.05, 3.63) is 15.9 Å². The number of aryl methyl sites for hydroxylation is 2. The molecule has 1 aliphatic rings. The van der Waals surface area contributed by atoms with Crippen LogP contribution in [0.2, 0.25) is 0 Å². The molecule has 0 saturated carbocycles. The van der Waals surface area contributed by atoms with Crippen LogP contribution < -0.4 is 5.73 Å². The SMILES string of the molecule is Cc1nn(C)c(CN2CC[C@@H](N)C2)c1Br. The summed E-state index contributed by atoms with van der Waals surface area (Å²) in [4.78, 5) is 2.38.